The molecule has 3 nitrogen and oxygen atoms in total. The first-order valence-corrected chi connectivity index (χ1v) is 6.31. The molecule has 21 heavy (non-hydrogen) atoms. The van der Waals surface area contributed by atoms with E-state index in [0.717, 1.165) is 12.1 Å². The van der Waals surface area contributed by atoms with Gasteiger partial charge in [0.15, 0.2) is 0 Å². The summed E-state index contributed by atoms with van der Waals surface area (Å²) in [6.07, 6.45) is -1.11. The van der Waals surface area contributed by atoms with E-state index in [1.165, 1.54) is 18.2 Å². The fourth-order valence-electron chi connectivity index (χ4n) is 1.85. The molecule has 1 aromatic rings. The average Bonchev–Trinajstić information content (AvgIpc) is 2.40. The summed E-state index contributed by atoms with van der Waals surface area (Å²) in [7, 11) is 0. The molecule has 0 heterocycles. The highest BCUT2D eigenvalue weighted by molar-refractivity contribution is 7.80. The van der Waals surface area contributed by atoms with Crippen molar-refractivity contribution in [1.29, 1.82) is 0 Å². The molecule has 0 unspecified atom stereocenters. The number of aliphatic carboxylic acids is 1. The van der Waals surface area contributed by atoms with Crippen molar-refractivity contribution in [2.45, 2.75) is 12.6 Å². The molecule has 0 bridgehead atoms. The number of carboxylic acid groups (broad SMARTS) is 1. The Labute approximate surface area is 123 Å². The molecule has 110 valence electrons. The second kappa shape index (κ2) is 5.69. The third-order valence-electron chi connectivity index (χ3n) is 2.83. The van der Waals surface area contributed by atoms with Gasteiger partial charge in [0.2, 0.25) is 0 Å². The smallest absolute Gasteiger partial charge is 0.416 e. The third-order valence-corrected chi connectivity index (χ3v) is 3.20. The van der Waals surface area contributed by atoms with Gasteiger partial charge in [0.05, 0.1) is 16.8 Å². The van der Waals surface area contributed by atoms with Gasteiger partial charge < -0.3 is 10.4 Å². The fourth-order valence-corrected chi connectivity index (χ4v) is 2.11. The van der Waals surface area contributed by atoms with Crippen molar-refractivity contribution in [2.24, 2.45) is 0 Å². The predicted octanol–water partition coefficient (Wildman–Crippen LogP) is 3.79. The average molecular weight is 313 g/mol. The molecular formula is C14H10F3NO2S. The molecular weight excluding hydrogens is 303 g/mol. The molecule has 2 N–H and O–H groups in total. The summed E-state index contributed by atoms with van der Waals surface area (Å²) in [4.78, 5) is 11.5. The minimum Gasteiger partial charge on any atom is -0.478 e. The Morgan fingerprint density at radius 1 is 1.33 bits per heavy atom. The van der Waals surface area contributed by atoms with Crippen molar-refractivity contribution in [1.82, 2.24) is 0 Å². The van der Waals surface area contributed by atoms with Crippen LogP contribution in [-0.4, -0.2) is 15.9 Å². The number of hydrogen-bond acceptors (Lipinski definition) is 3. The Morgan fingerprint density at radius 3 is 2.67 bits per heavy atom. The molecule has 0 saturated carbocycles. The lowest BCUT2D eigenvalue weighted by Crippen LogP contribution is -2.18. The lowest BCUT2D eigenvalue weighted by Gasteiger charge is -2.17. The Morgan fingerprint density at radius 2 is 2.05 bits per heavy atom. The van der Waals surface area contributed by atoms with Crippen LogP contribution in [0.3, 0.4) is 0 Å². The Balaban J connectivity index is 2.38. The van der Waals surface area contributed by atoms with Gasteiger partial charge in [-0.15, -0.1) is 0 Å². The summed E-state index contributed by atoms with van der Waals surface area (Å²) < 4.78 is 38.0. The summed E-state index contributed by atoms with van der Waals surface area (Å²) in [6.45, 7) is 0. The lowest BCUT2D eigenvalue weighted by molar-refractivity contribution is -0.137. The van der Waals surface area contributed by atoms with Crippen molar-refractivity contribution < 1.29 is 23.1 Å². The normalized spacial score (nSPS) is 15.3. The van der Waals surface area contributed by atoms with Crippen molar-refractivity contribution in [2.75, 3.05) is 5.32 Å². The molecule has 2 rings (SSSR count). The highest BCUT2D eigenvalue weighted by atomic mass is 32.1. The van der Waals surface area contributed by atoms with Crippen LogP contribution in [0.1, 0.15) is 12.0 Å². The van der Waals surface area contributed by atoms with Crippen LogP contribution >= 0.6 is 12.2 Å². The highest BCUT2D eigenvalue weighted by Gasteiger charge is 2.30. The van der Waals surface area contributed by atoms with Crippen LogP contribution in [0, 0.1) is 0 Å². The standard InChI is InChI=1S/C14H10F3NO2S/c15-14(16,17)8-3-1-4-9(7-8)18-12-10(13(19)20)5-2-6-11(12)21/h1-5,7,18H,6H2,(H,19,20). The lowest BCUT2D eigenvalue weighted by atomic mass is 10.0. The van der Waals surface area contributed by atoms with E-state index < -0.39 is 17.7 Å². The van der Waals surface area contributed by atoms with Gasteiger partial charge in [-0.3, -0.25) is 0 Å². The number of carbonyl (C=O) groups is 1. The quantitative estimate of drug-likeness (QED) is 0.834. The second-order valence-electron chi connectivity index (χ2n) is 4.33. The zero-order valence-corrected chi connectivity index (χ0v) is 11.4. The number of thiocarbonyl (C=S) groups is 1. The van der Waals surface area contributed by atoms with E-state index in [4.69, 9.17) is 17.3 Å². The van der Waals surface area contributed by atoms with E-state index in [1.807, 2.05) is 0 Å². The van der Waals surface area contributed by atoms with Crippen molar-refractivity contribution in [3.05, 3.63) is 53.3 Å². The summed E-state index contributed by atoms with van der Waals surface area (Å²) in [5.41, 5.74) is -0.596. The maximum absolute atomic E-state index is 12.7. The van der Waals surface area contributed by atoms with E-state index in [2.05, 4.69) is 5.32 Å². The summed E-state index contributed by atoms with van der Waals surface area (Å²) in [5, 5.41) is 11.8. The first-order chi connectivity index (χ1) is 9.79. The molecule has 0 amide bonds. The zero-order chi connectivity index (χ0) is 15.6. The Hall–Kier alpha value is -2.15. The Kier molecular flexibility index (Phi) is 4.13. The fraction of sp³-hybridized carbons (Fsp3) is 0.143. The van der Waals surface area contributed by atoms with E-state index in [1.54, 1.807) is 6.08 Å². The number of carboxylic acids is 1. The summed E-state index contributed by atoms with van der Waals surface area (Å²) in [5.74, 6) is -1.19. The van der Waals surface area contributed by atoms with E-state index >= 15 is 0 Å². The number of halogens is 3. The van der Waals surface area contributed by atoms with Gasteiger partial charge in [-0.2, -0.15) is 13.2 Å². The first kappa shape index (κ1) is 15.2. The van der Waals surface area contributed by atoms with Gasteiger partial charge in [0, 0.05) is 17.0 Å². The van der Waals surface area contributed by atoms with Crippen LogP contribution in [-0.2, 0) is 11.0 Å². The molecule has 0 spiro atoms. The van der Waals surface area contributed by atoms with Gasteiger partial charge in [-0.05, 0) is 24.3 Å². The maximum Gasteiger partial charge on any atom is 0.416 e. The largest absolute Gasteiger partial charge is 0.478 e. The molecule has 0 fully saturated rings. The molecule has 1 aliphatic rings. The van der Waals surface area contributed by atoms with Crippen LogP contribution in [0.15, 0.2) is 47.7 Å². The zero-order valence-electron chi connectivity index (χ0n) is 10.6. The van der Waals surface area contributed by atoms with Crippen LogP contribution in [0.2, 0.25) is 0 Å². The molecule has 0 radical (unpaired) electrons. The topological polar surface area (TPSA) is 49.3 Å². The number of anilines is 1. The van der Waals surface area contributed by atoms with Gasteiger partial charge in [0.1, 0.15) is 0 Å². The third kappa shape index (κ3) is 3.49. The molecule has 0 aromatic heterocycles. The highest BCUT2D eigenvalue weighted by Crippen LogP contribution is 2.31. The maximum atomic E-state index is 12.7. The molecule has 7 heteroatoms. The number of hydrogen-bond donors (Lipinski definition) is 2. The Bertz CT molecular complexity index is 662. The number of benzene rings is 1. The number of rotatable bonds is 3. The van der Waals surface area contributed by atoms with Gasteiger partial charge in [-0.25, -0.2) is 4.79 Å². The van der Waals surface area contributed by atoms with E-state index in [0.29, 0.717) is 11.3 Å². The summed E-state index contributed by atoms with van der Waals surface area (Å²) >= 11 is 5.07. The van der Waals surface area contributed by atoms with Crippen LogP contribution in [0.25, 0.3) is 0 Å². The molecule has 0 aliphatic heterocycles. The van der Waals surface area contributed by atoms with Crippen LogP contribution < -0.4 is 5.32 Å². The van der Waals surface area contributed by atoms with Crippen LogP contribution in [0.4, 0.5) is 18.9 Å². The van der Waals surface area contributed by atoms with Gasteiger partial charge in [0.25, 0.3) is 0 Å². The van der Waals surface area contributed by atoms with Crippen molar-refractivity contribution >= 4 is 28.7 Å². The van der Waals surface area contributed by atoms with Gasteiger partial charge >= 0.3 is 12.1 Å². The minimum atomic E-state index is -4.46. The molecule has 1 aliphatic carbocycles. The van der Waals surface area contributed by atoms with E-state index in [9.17, 15) is 18.0 Å². The SMILES string of the molecule is O=C(O)C1=C(Nc2cccc(C(F)(F)F)c2)C(=S)CC=C1. The number of nitrogens with one attached hydrogen (secondary N) is 1. The van der Waals surface area contributed by atoms with Gasteiger partial charge in [-0.1, -0.05) is 24.4 Å². The number of allylic oxidation sites excluding steroid dienone is 2. The first-order valence-electron chi connectivity index (χ1n) is 5.90. The minimum absolute atomic E-state index is 0.0661. The summed E-state index contributed by atoms with van der Waals surface area (Å²) in [6, 6.07) is 4.51. The molecule has 0 saturated heterocycles. The molecule has 0 atom stereocenters. The number of alkyl halides is 3. The monoisotopic (exact) mass is 313 g/mol. The van der Waals surface area contributed by atoms with Crippen LogP contribution in [0.5, 0.6) is 0 Å². The second-order valence-corrected chi connectivity index (χ2v) is 4.82. The molecule has 1 aromatic carbocycles. The van der Waals surface area contributed by atoms with E-state index in [-0.39, 0.29) is 17.0 Å². The predicted molar refractivity (Wildman–Crippen MR) is 76.1 cm³/mol. The van der Waals surface area contributed by atoms with Crippen molar-refractivity contribution in [3.8, 4) is 0 Å². The van der Waals surface area contributed by atoms with Crippen molar-refractivity contribution in [3.63, 3.8) is 0 Å².